The Morgan fingerprint density at radius 3 is 2.20 bits per heavy atom. The van der Waals surface area contributed by atoms with E-state index in [1.165, 1.54) is 24.0 Å². The van der Waals surface area contributed by atoms with Crippen LogP contribution in [0.2, 0.25) is 0 Å². The molecule has 7 fully saturated rings. The maximum atomic E-state index is 15.8. The predicted molar refractivity (Wildman–Crippen MR) is 398 cm³/mol. The summed E-state index contributed by atoms with van der Waals surface area (Å²) in [5.41, 5.74) is 4.62. The Bertz CT molecular complexity index is 3690. The summed E-state index contributed by atoms with van der Waals surface area (Å²) < 4.78 is 37.4. The fourth-order valence-corrected chi connectivity index (χ4v) is 17.3. The first-order valence-corrected chi connectivity index (χ1v) is 38.8. The highest BCUT2D eigenvalue weighted by Gasteiger charge is 2.47. The van der Waals surface area contributed by atoms with Gasteiger partial charge in [0, 0.05) is 122 Å². The van der Waals surface area contributed by atoms with Crippen molar-refractivity contribution in [2.45, 2.75) is 192 Å². The van der Waals surface area contributed by atoms with E-state index in [9.17, 15) is 33.6 Å². The Labute approximate surface area is 617 Å². The number of likely N-dealkylation sites (tertiary alicyclic amines) is 4. The smallest absolute Gasteiger partial charge is 0.246 e. The molecule has 26 heteroatoms. The van der Waals surface area contributed by atoms with Crippen molar-refractivity contribution in [3.05, 3.63) is 113 Å². The summed E-state index contributed by atoms with van der Waals surface area (Å²) in [5.74, 6) is -1.31. The summed E-state index contributed by atoms with van der Waals surface area (Å²) in [5, 5.41) is 25.0. The summed E-state index contributed by atoms with van der Waals surface area (Å²) in [6.45, 7) is 17.4. The number of aryl methyl sites for hydroxylation is 1. The van der Waals surface area contributed by atoms with E-state index < -0.39 is 41.3 Å². The molecule has 8 N–H and O–H groups in total. The van der Waals surface area contributed by atoms with Gasteiger partial charge in [-0.1, -0.05) is 81.6 Å². The minimum absolute atomic E-state index is 0.0108. The second-order valence-corrected chi connectivity index (χ2v) is 32.0. The Morgan fingerprint density at radius 1 is 0.705 bits per heavy atom. The topological polar surface area (TPSA) is 270 Å². The van der Waals surface area contributed by atoms with Gasteiger partial charge < -0.3 is 71.8 Å². The average Bonchev–Trinajstić information content (AvgIpc) is 1.56. The van der Waals surface area contributed by atoms with Crippen LogP contribution in [0.15, 0.2) is 73.1 Å². The van der Waals surface area contributed by atoms with Crippen LogP contribution in [0.25, 0.3) is 0 Å². The fourth-order valence-electron chi connectivity index (χ4n) is 17.3. The lowest BCUT2D eigenvalue weighted by Gasteiger charge is -2.48. The van der Waals surface area contributed by atoms with Gasteiger partial charge in [-0.3, -0.25) is 38.5 Å². The van der Waals surface area contributed by atoms with Crippen molar-refractivity contribution in [3.63, 3.8) is 0 Å². The number of piperazine rings is 1. The number of likely N-dealkylation sites (N-methyl/N-ethyl adjacent to an activating group) is 1. The van der Waals surface area contributed by atoms with Crippen LogP contribution < -0.4 is 52.3 Å². The molecule has 1 unspecified atom stereocenters. The molecule has 0 bridgehead atoms. The SMILES string of the molecule is CN[C@@H](C)C(=O)N[C@H](C(=O)N1C[C@@H](NC(=O)CCC(=O)NCCOCCN2CC[C@]3(CCN(CCC(=O)NCc4cccc(CNc5cc(N6CCC7(CC6)CN(c6cc(F)c(CN8CCC(C)(C)CC8)cc6F)CC(=O)N7)ncn5)c4)C3)C2)C[C@H]1C(=O)NC1CCCc2ccccc21)C1CCCCC1. The van der Waals surface area contributed by atoms with E-state index >= 15 is 8.78 Å². The lowest BCUT2D eigenvalue weighted by molar-refractivity contribution is -0.143. The number of piperidine rings is 2. The maximum absolute atomic E-state index is 15.8. The van der Waals surface area contributed by atoms with E-state index in [1.807, 2.05) is 42.5 Å². The molecule has 6 aliphatic heterocycles. The van der Waals surface area contributed by atoms with E-state index in [0.717, 1.165) is 145 Å². The third-order valence-electron chi connectivity index (χ3n) is 23.8. The molecule has 0 radical (unpaired) electrons. The summed E-state index contributed by atoms with van der Waals surface area (Å²) in [6.07, 6.45) is 14.7. The molecule has 3 aromatic carbocycles. The van der Waals surface area contributed by atoms with Gasteiger partial charge in [-0.15, -0.1) is 0 Å². The normalized spacial score (nSPS) is 23.4. The fraction of sp³-hybridized carbons (Fsp3) is 0.633. The zero-order valence-corrected chi connectivity index (χ0v) is 62.2. The molecule has 24 nitrogen and oxygen atoms in total. The van der Waals surface area contributed by atoms with Crippen molar-refractivity contribution in [2.75, 3.05) is 127 Å². The van der Waals surface area contributed by atoms with Gasteiger partial charge in [0.1, 0.15) is 41.7 Å². The highest BCUT2D eigenvalue weighted by molar-refractivity contribution is 5.94. The highest BCUT2D eigenvalue weighted by Crippen LogP contribution is 2.41. The molecule has 1 saturated carbocycles. The Balaban J connectivity index is 0.515. The number of nitrogens with zero attached hydrogens (tertiary/aromatic N) is 8. The van der Waals surface area contributed by atoms with Crippen molar-refractivity contribution in [2.24, 2.45) is 16.7 Å². The molecular weight excluding hydrogens is 1340 g/mol. The Morgan fingerprint density at radius 2 is 1.43 bits per heavy atom. The van der Waals surface area contributed by atoms with Crippen LogP contribution in [0.3, 0.4) is 0 Å². The van der Waals surface area contributed by atoms with Crippen LogP contribution >= 0.6 is 0 Å². The first-order valence-electron chi connectivity index (χ1n) is 38.8. The third-order valence-corrected chi connectivity index (χ3v) is 23.8. The van der Waals surface area contributed by atoms with Crippen molar-refractivity contribution in [3.8, 4) is 0 Å². The monoisotopic (exact) mass is 1450 g/mol. The minimum atomic E-state index is -0.861. The molecule has 2 aliphatic carbocycles. The van der Waals surface area contributed by atoms with Crippen LogP contribution in [0.4, 0.5) is 26.1 Å². The van der Waals surface area contributed by atoms with E-state index in [0.29, 0.717) is 96.2 Å². The summed E-state index contributed by atoms with van der Waals surface area (Å²) in [7, 11) is 1.70. The number of nitrogens with one attached hydrogen (secondary N) is 8. The van der Waals surface area contributed by atoms with Crippen LogP contribution in [0.5, 0.6) is 0 Å². The minimum Gasteiger partial charge on any atom is -0.378 e. The molecule has 7 heterocycles. The van der Waals surface area contributed by atoms with Gasteiger partial charge in [-0.25, -0.2) is 18.7 Å². The third kappa shape index (κ3) is 20.4. The molecule has 2 spiro atoms. The van der Waals surface area contributed by atoms with E-state index in [-0.39, 0.29) is 102 Å². The number of fused-ring (bicyclic) bond motifs is 1. The van der Waals surface area contributed by atoms with Gasteiger partial charge in [0.25, 0.3) is 0 Å². The number of hydrogen-bond donors (Lipinski definition) is 8. The van der Waals surface area contributed by atoms with Gasteiger partial charge in [0.05, 0.1) is 43.1 Å². The van der Waals surface area contributed by atoms with E-state index in [4.69, 9.17) is 4.74 Å². The second-order valence-electron chi connectivity index (χ2n) is 32.0. The van der Waals surface area contributed by atoms with Crippen molar-refractivity contribution in [1.82, 2.24) is 66.8 Å². The molecule has 6 saturated heterocycles. The Kier molecular flexibility index (Phi) is 25.7. The number of aromatic nitrogens is 2. The number of hydrogen-bond acceptors (Lipinski definition) is 17. The Hall–Kier alpha value is -7.91. The molecule has 7 amide bonds. The van der Waals surface area contributed by atoms with Crippen LogP contribution in [-0.4, -0.2) is 213 Å². The average molecular weight is 1450 g/mol. The van der Waals surface area contributed by atoms with Crippen LogP contribution in [0, 0.1) is 28.4 Å². The molecule has 1 aromatic heterocycles. The molecule has 105 heavy (non-hydrogen) atoms. The molecular formula is C79H112F2N16O8. The van der Waals surface area contributed by atoms with Crippen molar-refractivity contribution < 1.29 is 47.1 Å². The maximum Gasteiger partial charge on any atom is 0.246 e. The molecule has 8 aliphatic rings. The highest BCUT2D eigenvalue weighted by atomic mass is 19.1. The van der Waals surface area contributed by atoms with Gasteiger partial charge in [0.15, 0.2) is 0 Å². The number of amides is 7. The second kappa shape index (κ2) is 35.2. The molecule has 4 aromatic rings. The lowest BCUT2D eigenvalue weighted by Crippen LogP contribution is -2.66. The number of halogens is 2. The number of rotatable bonds is 29. The lowest BCUT2D eigenvalue weighted by atomic mass is 9.82. The summed E-state index contributed by atoms with van der Waals surface area (Å²) >= 11 is 0. The van der Waals surface area contributed by atoms with Crippen molar-refractivity contribution in [1.29, 1.82) is 0 Å². The number of benzene rings is 3. The van der Waals surface area contributed by atoms with Gasteiger partial charge in [0.2, 0.25) is 41.4 Å². The van der Waals surface area contributed by atoms with Crippen molar-refractivity contribution >= 4 is 58.7 Å². The number of carbonyl (C=O) groups excluding carboxylic acids is 7. The summed E-state index contributed by atoms with van der Waals surface area (Å²) in [6, 6.07) is 17.8. The number of carbonyl (C=O) groups is 7. The number of anilines is 3. The number of ether oxygens (including phenoxy) is 1. The zero-order chi connectivity index (χ0) is 73.7. The predicted octanol–water partition coefficient (Wildman–Crippen LogP) is 6.23. The van der Waals surface area contributed by atoms with Gasteiger partial charge in [-0.05, 0) is 162 Å². The van der Waals surface area contributed by atoms with Gasteiger partial charge in [-0.2, -0.15) is 0 Å². The molecule has 6 atom stereocenters. The largest absolute Gasteiger partial charge is 0.378 e. The van der Waals surface area contributed by atoms with Crippen LogP contribution in [0.1, 0.15) is 164 Å². The first-order chi connectivity index (χ1) is 50.7. The van der Waals surface area contributed by atoms with E-state index in [2.05, 4.69) is 98.1 Å². The van der Waals surface area contributed by atoms with Crippen LogP contribution in [-0.2, 0) is 64.4 Å². The quantitative estimate of drug-likeness (QED) is 0.0280. The van der Waals surface area contributed by atoms with Gasteiger partial charge >= 0.3 is 0 Å². The van der Waals surface area contributed by atoms with E-state index in [1.54, 1.807) is 23.8 Å². The zero-order valence-electron chi connectivity index (χ0n) is 62.2. The first kappa shape index (κ1) is 76.7. The summed E-state index contributed by atoms with van der Waals surface area (Å²) in [4.78, 5) is 117. The molecule has 12 rings (SSSR count). The standard InChI is InChI=1S/C79H112F2N16O8/c1-54(82-4)74(102)90-73(58-15-6-5-7-16-58)76(104)97-48-60(42-66(97)75(103)89-64-19-11-17-57-14-8-9-18-61(57)64)88-71(100)21-20-69(98)83-29-38-105-39-37-94-34-26-78(51-94)25-33-93(50-78)30-22-70(99)85-46-56-13-10-12-55(40-56)45-84-67-44-68(87-53-86-67)95-35-27-79(28-36-95)52-96(49-72(101)91-79)65-43-62(80)59(41-63(65)81)47-92-31-23-77(2,3)24-32-92/h8-10,12-14,18,40-41,43-44,53-54,58,60,64,66,73,82H,5-7,11,15-17,19-39,42,45-52H2,1-4H3,(H,83,98)(H,85,99)(H,88,100)(H,89,103)(H,90,102)(H,91,101)(H,84,86,87)/t54-,60-,64?,66-,73-,78-/m0/s1. The molecule has 570 valence electrons.